The molecule has 3 rings (SSSR count). The summed E-state index contributed by atoms with van der Waals surface area (Å²) in [7, 11) is 0. The Kier molecular flexibility index (Phi) is 9.99. The lowest BCUT2D eigenvalue weighted by molar-refractivity contribution is -0.0103. The number of nitrogens with zero attached hydrogens (tertiary/aromatic N) is 1. The highest BCUT2D eigenvalue weighted by Crippen LogP contribution is 2.34. The van der Waals surface area contributed by atoms with Crippen LogP contribution >= 0.6 is 0 Å². The molecule has 2 aliphatic carbocycles. The van der Waals surface area contributed by atoms with Gasteiger partial charge in [0.05, 0.1) is 19.0 Å². The van der Waals surface area contributed by atoms with Crippen molar-refractivity contribution >= 4 is 0 Å². The molecule has 1 aromatic carbocycles. The second-order valence-electron chi connectivity index (χ2n) is 9.63. The van der Waals surface area contributed by atoms with E-state index >= 15 is 0 Å². The highest BCUT2D eigenvalue weighted by Gasteiger charge is 2.25. The fraction of sp³-hybridized carbons (Fsp3) is 0.667. The highest BCUT2D eigenvalue weighted by molar-refractivity contribution is 5.35. The molecule has 0 N–H and O–H groups in total. The first-order chi connectivity index (χ1) is 15.6. The van der Waals surface area contributed by atoms with Crippen molar-refractivity contribution in [3.05, 3.63) is 47.7 Å². The van der Waals surface area contributed by atoms with E-state index in [0.717, 1.165) is 57.7 Å². The number of aryl methyl sites for hydroxylation is 1. The number of hydrogen-bond donors (Lipinski definition) is 0. The molecule has 0 atom stereocenters. The molecule has 0 amide bonds. The van der Waals surface area contributed by atoms with Gasteiger partial charge in [-0.25, -0.2) is 8.78 Å². The minimum atomic E-state index is -0.754. The number of ether oxygens (including phenoxy) is 2. The summed E-state index contributed by atoms with van der Waals surface area (Å²) in [5.41, 5.74) is 0.152. The quantitative estimate of drug-likeness (QED) is 0.270. The largest absolute Gasteiger partial charge is 0.502 e. The molecule has 0 radical (unpaired) electrons. The lowest BCUT2D eigenvalue weighted by atomic mass is 9.80. The Balaban J connectivity index is 1.28. The standard InChI is InChI=1S/C27H37F2NO2/c1-2-31-15-3-4-20-5-8-22(9-6-20)19-32-24-13-11-21(12-14-24)7-10-23-16-26(28)25(18-30)27(29)17-23/h2,16-17,20-22,24H,1,3-15,19H2. The van der Waals surface area contributed by atoms with Gasteiger partial charge in [-0.2, -0.15) is 5.26 Å². The molecule has 3 nitrogen and oxygen atoms in total. The van der Waals surface area contributed by atoms with Gasteiger partial charge in [-0.3, -0.25) is 0 Å². The Bertz CT molecular complexity index is 736. The number of benzene rings is 1. The van der Waals surface area contributed by atoms with Gasteiger partial charge < -0.3 is 9.47 Å². The first-order valence-electron chi connectivity index (χ1n) is 12.3. The molecule has 0 saturated heterocycles. The first-order valence-corrected chi connectivity index (χ1v) is 12.3. The van der Waals surface area contributed by atoms with Crippen LogP contribution in [0.3, 0.4) is 0 Å². The van der Waals surface area contributed by atoms with Crippen LogP contribution in [-0.2, 0) is 15.9 Å². The summed E-state index contributed by atoms with van der Waals surface area (Å²) < 4.78 is 39.1. The van der Waals surface area contributed by atoms with Crippen LogP contribution in [0.2, 0.25) is 0 Å². The van der Waals surface area contributed by atoms with Crippen LogP contribution in [0.1, 0.15) is 81.8 Å². The molecule has 5 heteroatoms. The summed E-state index contributed by atoms with van der Waals surface area (Å²) in [5.74, 6) is 0.616. The molecule has 0 unspecified atom stereocenters. The van der Waals surface area contributed by atoms with E-state index in [9.17, 15) is 8.78 Å². The Hall–Kier alpha value is -1.93. The van der Waals surface area contributed by atoms with Gasteiger partial charge in [0.1, 0.15) is 23.3 Å². The van der Waals surface area contributed by atoms with Gasteiger partial charge in [0, 0.05) is 6.61 Å². The molecular weight excluding hydrogens is 408 g/mol. The van der Waals surface area contributed by atoms with Crippen LogP contribution in [-0.4, -0.2) is 19.3 Å². The van der Waals surface area contributed by atoms with Crippen LogP contribution < -0.4 is 0 Å². The van der Waals surface area contributed by atoms with E-state index in [-0.39, 0.29) is 0 Å². The summed E-state index contributed by atoms with van der Waals surface area (Å²) in [6, 6.07) is 4.19. The number of hydrogen-bond acceptors (Lipinski definition) is 3. The maximum atomic E-state index is 13.8. The predicted molar refractivity (Wildman–Crippen MR) is 122 cm³/mol. The van der Waals surface area contributed by atoms with Gasteiger partial charge in [0.25, 0.3) is 0 Å². The van der Waals surface area contributed by atoms with Gasteiger partial charge in [-0.1, -0.05) is 19.4 Å². The first kappa shape index (κ1) is 24.7. The van der Waals surface area contributed by atoms with E-state index in [0.29, 0.717) is 29.9 Å². The van der Waals surface area contributed by atoms with E-state index in [2.05, 4.69) is 6.58 Å². The molecule has 176 valence electrons. The molecule has 32 heavy (non-hydrogen) atoms. The van der Waals surface area contributed by atoms with Gasteiger partial charge in [0.15, 0.2) is 0 Å². The van der Waals surface area contributed by atoms with Crippen molar-refractivity contribution in [3.63, 3.8) is 0 Å². The second kappa shape index (κ2) is 12.9. The fourth-order valence-corrected chi connectivity index (χ4v) is 5.33. The van der Waals surface area contributed by atoms with E-state index in [1.54, 1.807) is 6.07 Å². The molecule has 2 saturated carbocycles. The Morgan fingerprint density at radius 1 is 0.938 bits per heavy atom. The Morgan fingerprint density at radius 2 is 1.53 bits per heavy atom. The van der Waals surface area contributed by atoms with Crippen molar-refractivity contribution in [1.29, 1.82) is 5.26 Å². The summed E-state index contributed by atoms with van der Waals surface area (Å²) in [5, 5.41) is 8.79. The summed E-state index contributed by atoms with van der Waals surface area (Å²) in [6.45, 7) is 5.26. The smallest absolute Gasteiger partial charge is 0.144 e. The van der Waals surface area contributed by atoms with Crippen molar-refractivity contribution in [3.8, 4) is 6.07 Å². The van der Waals surface area contributed by atoms with Crippen LogP contribution in [0.25, 0.3) is 0 Å². The highest BCUT2D eigenvalue weighted by atomic mass is 19.1. The molecule has 0 aliphatic heterocycles. The van der Waals surface area contributed by atoms with Crippen LogP contribution in [0.4, 0.5) is 8.78 Å². The third kappa shape index (κ3) is 7.59. The van der Waals surface area contributed by atoms with E-state index in [4.69, 9.17) is 14.7 Å². The average molecular weight is 446 g/mol. The zero-order valence-corrected chi connectivity index (χ0v) is 19.2. The monoisotopic (exact) mass is 445 g/mol. The zero-order valence-electron chi connectivity index (χ0n) is 19.2. The Morgan fingerprint density at radius 3 is 2.16 bits per heavy atom. The van der Waals surface area contributed by atoms with Gasteiger partial charge in [-0.15, -0.1) is 0 Å². The number of halogens is 2. The molecule has 2 fully saturated rings. The lowest BCUT2D eigenvalue weighted by Crippen LogP contribution is -2.26. The summed E-state index contributed by atoms with van der Waals surface area (Å²) in [6.07, 6.45) is 15.4. The molecule has 0 heterocycles. The minimum absolute atomic E-state index is 0.366. The van der Waals surface area contributed by atoms with E-state index in [1.165, 1.54) is 50.5 Å². The van der Waals surface area contributed by atoms with E-state index < -0.39 is 17.2 Å². The maximum Gasteiger partial charge on any atom is 0.144 e. The third-order valence-electron chi connectivity index (χ3n) is 7.38. The van der Waals surface area contributed by atoms with Crippen LogP contribution in [0.5, 0.6) is 0 Å². The van der Waals surface area contributed by atoms with Crippen molar-refractivity contribution in [2.24, 2.45) is 17.8 Å². The summed E-state index contributed by atoms with van der Waals surface area (Å²) >= 11 is 0. The third-order valence-corrected chi connectivity index (χ3v) is 7.38. The average Bonchev–Trinajstić information content (AvgIpc) is 2.80. The molecule has 2 aliphatic rings. The normalized spacial score (nSPS) is 25.8. The molecule has 0 bridgehead atoms. The number of rotatable bonds is 11. The lowest BCUT2D eigenvalue weighted by Gasteiger charge is -2.32. The molecule has 1 aromatic rings. The SMILES string of the molecule is C=COCCCC1CCC(COC2CCC(CCc3cc(F)c(C#N)c(F)c3)CC2)CC1. The van der Waals surface area contributed by atoms with Crippen molar-refractivity contribution < 1.29 is 18.3 Å². The maximum absolute atomic E-state index is 13.8. The molecule has 0 spiro atoms. The minimum Gasteiger partial charge on any atom is -0.502 e. The zero-order chi connectivity index (χ0) is 22.8. The van der Waals surface area contributed by atoms with Crippen molar-refractivity contribution in [2.75, 3.05) is 13.2 Å². The fourth-order valence-electron chi connectivity index (χ4n) is 5.33. The van der Waals surface area contributed by atoms with Crippen molar-refractivity contribution in [1.82, 2.24) is 0 Å². The van der Waals surface area contributed by atoms with Crippen LogP contribution in [0.15, 0.2) is 25.0 Å². The van der Waals surface area contributed by atoms with Crippen LogP contribution in [0, 0.1) is 40.7 Å². The molecular formula is C27H37F2NO2. The number of nitriles is 1. The van der Waals surface area contributed by atoms with Gasteiger partial charge >= 0.3 is 0 Å². The van der Waals surface area contributed by atoms with Gasteiger partial charge in [0.2, 0.25) is 0 Å². The van der Waals surface area contributed by atoms with E-state index in [1.807, 2.05) is 0 Å². The Labute approximate surface area is 191 Å². The topological polar surface area (TPSA) is 42.2 Å². The second-order valence-corrected chi connectivity index (χ2v) is 9.63. The van der Waals surface area contributed by atoms with Gasteiger partial charge in [-0.05, 0) is 99.7 Å². The van der Waals surface area contributed by atoms with Crippen molar-refractivity contribution in [2.45, 2.75) is 83.2 Å². The summed E-state index contributed by atoms with van der Waals surface area (Å²) in [4.78, 5) is 0. The predicted octanol–water partition coefficient (Wildman–Crippen LogP) is 7.09. The molecule has 0 aromatic heterocycles.